The van der Waals surface area contributed by atoms with Gasteiger partial charge in [0.25, 0.3) is 0 Å². The van der Waals surface area contributed by atoms with Gasteiger partial charge in [0.05, 0.1) is 12.2 Å². The van der Waals surface area contributed by atoms with Crippen LogP contribution in [0.25, 0.3) is 0 Å². The summed E-state index contributed by atoms with van der Waals surface area (Å²) >= 11 is 0. The van der Waals surface area contributed by atoms with Crippen LogP contribution in [0.2, 0.25) is 18.1 Å². The van der Waals surface area contributed by atoms with E-state index in [2.05, 4.69) is 68.5 Å². The largest absolute Gasteiger partial charge is 0.413 e. The van der Waals surface area contributed by atoms with Crippen molar-refractivity contribution in [2.75, 3.05) is 7.11 Å². The summed E-state index contributed by atoms with van der Waals surface area (Å²) in [6, 6.07) is 0. The third-order valence-corrected chi connectivity index (χ3v) is 18.9. The van der Waals surface area contributed by atoms with Crippen molar-refractivity contribution in [2.45, 2.75) is 144 Å². The maximum Gasteiger partial charge on any atom is 0.192 e. The molecule has 11 atom stereocenters. The fraction of sp³-hybridized carbons (Fsp3) is 0.971. The summed E-state index contributed by atoms with van der Waals surface area (Å²) in [5.41, 5.74) is 1.35. The van der Waals surface area contributed by atoms with E-state index in [-0.39, 0.29) is 17.1 Å². The van der Waals surface area contributed by atoms with Gasteiger partial charge in [0, 0.05) is 24.9 Å². The van der Waals surface area contributed by atoms with E-state index in [0.29, 0.717) is 46.4 Å². The Kier molecular flexibility index (Phi) is 7.26. The number of hydrogen-bond acceptors (Lipinski definition) is 3. The summed E-state index contributed by atoms with van der Waals surface area (Å²) < 4.78 is 13.5. The van der Waals surface area contributed by atoms with Crippen LogP contribution in [0, 0.1) is 57.7 Å². The molecule has 4 heteroatoms. The lowest BCUT2D eigenvalue weighted by Gasteiger charge is -2.61. The van der Waals surface area contributed by atoms with Crippen LogP contribution in [-0.4, -0.2) is 33.4 Å². The van der Waals surface area contributed by atoms with Crippen LogP contribution in [-0.2, 0) is 14.0 Å². The van der Waals surface area contributed by atoms with E-state index in [0.717, 1.165) is 23.7 Å². The van der Waals surface area contributed by atoms with Gasteiger partial charge < -0.3 is 9.16 Å². The third-order valence-electron chi connectivity index (χ3n) is 14.4. The topological polar surface area (TPSA) is 35.5 Å². The van der Waals surface area contributed by atoms with Crippen LogP contribution >= 0.6 is 0 Å². The minimum atomic E-state index is -1.99. The number of carbonyl (C=O) groups is 1. The Morgan fingerprint density at radius 3 is 2.26 bits per heavy atom. The fourth-order valence-electron chi connectivity index (χ4n) is 11.1. The van der Waals surface area contributed by atoms with E-state index in [4.69, 9.17) is 9.16 Å². The van der Waals surface area contributed by atoms with Crippen molar-refractivity contribution in [2.24, 2.45) is 57.7 Å². The summed E-state index contributed by atoms with van der Waals surface area (Å²) in [7, 11) is 0.0134. The molecule has 0 amide bonds. The molecule has 0 heterocycles. The lowest BCUT2D eigenvalue weighted by Crippen LogP contribution is -2.57. The lowest BCUT2D eigenvalue weighted by molar-refractivity contribution is -0.162. The molecule has 0 unspecified atom stereocenters. The molecule has 0 bridgehead atoms. The van der Waals surface area contributed by atoms with E-state index in [1.54, 1.807) is 0 Å². The molecule has 5 fully saturated rings. The molecule has 0 aromatic heterocycles. The Balaban J connectivity index is 1.40. The zero-order chi connectivity index (χ0) is 28.1. The minimum absolute atomic E-state index is 0.0463. The van der Waals surface area contributed by atoms with Gasteiger partial charge in [0.1, 0.15) is 5.78 Å². The molecule has 5 saturated carbocycles. The molecule has 0 aromatic rings. The first-order chi connectivity index (χ1) is 17.5. The highest BCUT2D eigenvalue weighted by atomic mass is 28.4. The summed E-state index contributed by atoms with van der Waals surface area (Å²) in [5, 5.41) is 0.149. The average molecular weight is 545 g/mol. The Hall–Kier alpha value is -0.193. The molecule has 38 heavy (non-hydrogen) atoms. The molecule has 0 aromatic carbocycles. The maximum absolute atomic E-state index is 13.1. The molecule has 0 aliphatic heterocycles. The Labute approximate surface area is 236 Å². The Bertz CT molecular complexity index is 921. The van der Waals surface area contributed by atoms with Gasteiger partial charge in [-0.15, -0.1) is 0 Å². The molecular formula is C34H60O3Si. The van der Waals surface area contributed by atoms with Crippen molar-refractivity contribution in [1.82, 2.24) is 0 Å². The monoisotopic (exact) mass is 544 g/mol. The molecule has 0 N–H and O–H groups in total. The van der Waals surface area contributed by atoms with Gasteiger partial charge in [0.15, 0.2) is 8.32 Å². The molecule has 0 saturated heterocycles. The van der Waals surface area contributed by atoms with Gasteiger partial charge in [-0.05, 0) is 116 Å². The number of carbonyl (C=O) groups excluding carboxylic acids is 1. The van der Waals surface area contributed by atoms with Crippen molar-refractivity contribution in [1.29, 1.82) is 0 Å². The van der Waals surface area contributed by atoms with Crippen LogP contribution in [0.15, 0.2) is 0 Å². The predicted molar refractivity (Wildman–Crippen MR) is 160 cm³/mol. The molecule has 218 valence electrons. The SMILES string of the molecule is CO[C@@H]1C[C@H]2[C@@H]3CC[C@H]([C@H](C)[C@H](CC(=O)C(C)C)O[Si](C)(C)C(C)(C)C)[C@@]3(C)CC[C@@H]2[C@@]2(C)CC[C@H]3C[C@]312. The average Bonchev–Trinajstić information content (AvgIpc) is 3.33. The normalized spacial score (nSPS) is 45.7. The standard InChI is InChI=1S/C34H60O3Si/c1-21(2)28(35)19-29(37-38(10,11)31(4,5)6)22(3)25-12-13-26-24-18-30(36-9)34-20-23(34)14-17-33(34,8)27(24)15-16-32(25,26)7/h21-27,29-30H,12-20H2,1-11H3/t22-,23-,24-,25+,26-,27-,29-,30+,32+,33+,34-/m0/s1. The quantitative estimate of drug-likeness (QED) is 0.286. The van der Waals surface area contributed by atoms with Crippen LogP contribution in [0.5, 0.6) is 0 Å². The highest BCUT2D eigenvalue weighted by molar-refractivity contribution is 6.74. The molecule has 5 aliphatic carbocycles. The number of ketones is 1. The molecule has 1 spiro atoms. The van der Waals surface area contributed by atoms with Gasteiger partial charge >= 0.3 is 0 Å². The summed E-state index contributed by atoms with van der Waals surface area (Å²) in [6.45, 7) is 23.6. The maximum atomic E-state index is 13.1. The smallest absolute Gasteiger partial charge is 0.192 e. The molecular weight excluding hydrogens is 484 g/mol. The second kappa shape index (κ2) is 9.41. The van der Waals surface area contributed by atoms with E-state index in [1.165, 1.54) is 51.4 Å². The molecule has 0 radical (unpaired) electrons. The first-order valence-corrected chi connectivity index (χ1v) is 19.2. The number of Topliss-reactive ketones (excluding diaryl/α,β-unsaturated/α-hetero) is 1. The number of hydrogen-bond donors (Lipinski definition) is 0. The number of ether oxygens (including phenoxy) is 1. The summed E-state index contributed by atoms with van der Waals surface area (Å²) in [6.07, 6.45) is 12.1. The summed E-state index contributed by atoms with van der Waals surface area (Å²) in [4.78, 5) is 13.1. The van der Waals surface area contributed by atoms with Gasteiger partial charge in [-0.2, -0.15) is 0 Å². The van der Waals surface area contributed by atoms with Crippen LogP contribution in [0.1, 0.15) is 113 Å². The summed E-state index contributed by atoms with van der Waals surface area (Å²) in [5.74, 6) is 4.94. The Morgan fingerprint density at radius 2 is 1.68 bits per heavy atom. The Morgan fingerprint density at radius 1 is 1.00 bits per heavy atom. The lowest BCUT2D eigenvalue weighted by atomic mass is 9.45. The number of fused-ring (bicyclic) bond motifs is 4. The van der Waals surface area contributed by atoms with Gasteiger partial charge in [0.2, 0.25) is 0 Å². The molecule has 5 rings (SSSR count). The number of rotatable bonds is 8. The van der Waals surface area contributed by atoms with Crippen molar-refractivity contribution < 1.29 is 14.0 Å². The second-order valence-electron chi connectivity index (χ2n) is 17.1. The van der Waals surface area contributed by atoms with Crippen LogP contribution in [0.3, 0.4) is 0 Å². The van der Waals surface area contributed by atoms with Crippen molar-refractivity contribution >= 4 is 14.1 Å². The van der Waals surface area contributed by atoms with Gasteiger partial charge in [-0.25, -0.2) is 0 Å². The van der Waals surface area contributed by atoms with E-state index >= 15 is 0 Å². The van der Waals surface area contributed by atoms with E-state index < -0.39 is 8.32 Å². The van der Waals surface area contributed by atoms with Crippen molar-refractivity contribution in [3.63, 3.8) is 0 Å². The first kappa shape index (κ1) is 29.3. The van der Waals surface area contributed by atoms with E-state index in [1.807, 2.05) is 7.11 Å². The van der Waals surface area contributed by atoms with Gasteiger partial charge in [-0.3, -0.25) is 4.79 Å². The fourth-order valence-corrected chi connectivity index (χ4v) is 12.5. The zero-order valence-electron chi connectivity index (χ0n) is 26.8. The highest BCUT2D eigenvalue weighted by Crippen LogP contribution is 2.82. The highest BCUT2D eigenvalue weighted by Gasteiger charge is 2.77. The van der Waals surface area contributed by atoms with Gasteiger partial charge in [-0.1, -0.05) is 55.4 Å². The number of methoxy groups -OCH3 is 1. The first-order valence-electron chi connectivity index (χ1n) is 16.3. The zero-order valence-corrected chi connectivity index (χ0v) is 27.8. The molecule has 3 nitrogen and oxygen atoms in total. The van der Waals surface area contributed by atoms with Crippen molar-refractivity contribution in [3.05, 3.63) is 0 Å². The second-order valence-corrected chi connectivity index (χ2v) is 21.8. The van der Waals surface area contributed by atoms with Crippen LogP contribution < -0.4 is 0 Å². The third kappa shape index (κ3) is 4.10. The predicted octanol–water partition coefficient (Wildman–Crippen LogP) is 8.91. The minimum Gasteiger partial charge on any atom is -0.413 e. The van der Waals surface area contributed by atoms with E-state index in [9.17, 15) is 4.79 Å². The van der Waals surface area contributed by atoms with Crippen molar-refractivity contribution in [3.8, 4) is 0 Å². The molecule has 5 aliphatic rings. The van der Waals surface area contributed by atoms with Crippen LogP contribution in [0.4, 0.5) is 0 Å².